The molecule has 0 saturated carbocycles. The first-order chi connectivity index (χ1) is 9.11. The van der Waals surface area contributed by atoms with Gasteiger partial charge in [-0.3, -0.25) is 4.79 Å². The fourth-order valence-electron chi connectivity index (χ4n) is 1.72. The van der Waals surface area contributed by atoms with Gasteiger partial charge in [0.25, 0.3) is 0 Å². The van der Waals surface area contributed by atoms with Gasteiger partial charge in [0.05, 0.1) is 0 Å². The zero-order valence-corrected chi connectivity index (χ0v) is 12.3. The molecule has 5 heteroatoms. The molecule has 0 aliphatic carbocycles. The first-order valence-electron chi connectivity index (χ1n) is 6.50. The maximum Gasteiger partial charge on any atom is 0.225 e. The van der Waals surface area contributed by atoms with Gasteiger partial charge < -0.3 is 15.5 Å². The van der Waals surface area contributed by atoms with Crippen molar-refractivity contribution in [2.75, 3.05) is 39.0 Å². The fourth-order valence-corrected chi connectivity index (χ4v) is 1.91. The molecule has 0 heterocycles. The average Bonchev–Trinajstić information content (AvgIpc) is 2.37. The smallest absolute Gasteiger partial charge is 0.225 e. The average molecular weight is 284 g/mol. The largest absolute Gasteiger partial charge is 0.326 e. The zero-order chi connectivity index (χ0) is 14.1. The first kappa shape index (κ1) is 16.0. The third kappa shape index (κ3) is 7.15. The van der Waals surface area contributed by atoms with Crippen LogP contribution in [0.15, 0.2) is 24.3 Å². The Morgan fingerprint density at radius 1 is 1.37 bits per heavy atom. The highest BCUT2D eigenvalue weighted by Gasteiger charge is 2.05. The number of nitrogens with zero attached hydrogens (tertiary/aromatic N) is 1. The molecule has 0 bridgehead atoms. The fraction of sp³-hybridized carbons (Fsp3) is 0.500. The van der Waals surface area contributed by atoms with E-state index in [1.165, 1.54) is 0 Å². The summed E-state index contributed by atoms with van der Waals surface area (Å²) in [4.78, 5) is 13.9. The molecule has 0 atom stereocenters. The lowest BCUT2D eigenvalue weighted by molar-refractivity contribution is -0.116. The maximum atomic E-state index is 11.8. The minimum Gasteiger partial charge on any atom is -0.326 e. The highest BCUT2D eigenvalue weighted by molar-refractivity contribution is 6.30. The van der Waals surface area contributed by atoms with Crippen LogP contribution in [0.2, 0.25) is 5.02 Å². The van der Waals surface area contributed by atoms with Gasteiger partial charge in [0, 0.05) is 23.7 Å². The van der Waals surface area contributed by atoms with E-state index in [0.717, 1.165) is 31.7 Å². The Morgan fingerprint density at radius 2 is 2.16 bits per heavy atom. The van der Waals surface area contributed by atoms with E-state index in [0.29, 0.717) is 11.4 Å². The molecule has 1 aromatic rings. The highest BCUT2D eigenvalue weighted by atomic mass is 35.5. The number of carbonyl (C=O) groups excluding carboxylic acids is 1. The number of rotatable bonds is 8. The summed E-state index contributed by atoms with van der Waals surface area (Å²) in [5, 5.41) is 6.58. The number of halogens is 1. The van der Waals surface area contributed by atoms with E-state index in [-0.39, 0.29) is 5.91 Å². The van der Waals surface area contributed by atoms with Gasteiger partial charge in [-0.15, -0.1) is 0 Å². The van der Waals surface area contributed by atoms with Crippen molar-refractivity contribution in [3.05, 3.63) is 29.3 Å². The van der Waals surface area contributed by atoms with E-state index in [4.69, 9.17) is 11.6 Å². The van der Waals surface area contributed by atoms with E-state index in [2.05, 4.69) is 15.5 Å². The molecular weight excluding hydrogens is 262 g/mol. The van der Waals surface area contributed by atoms with Crippen molar-refractivity contribution in [3.8, 4) is 0 Å². The van der Waals surface area contributed by atoms with E-state index >= 15 is 0 Å². The summed E-state index contributed by atoms with van der Waals surface area (Å²) in [6.07, 6.45) is 1.57. The molecule has 1 rings (SSSR count). The van der Waals surface area contributed by atoms with Crippen LogP contribution in [0.1, 0.15) is 12.8 Å². The first-order valence-corrected chi connectivity index (χ1v) is 6.88. The number of carbonyl (C=O) groups is 1. The van der Waals surface area contributed by atoms with Crippen LogP contribution >= 0.6 is 11.6 Å². The van der Waals surface area contributed by atoms with Crippen molar-refractivity contribution < 1.29 is 4.79 Å². The van der Waals surface area contributed by atoms with Crippen LogP contribution in [0.25, 0.3) is 0 Å². The Morgan fingerprint density at radius 3 is 2.84 bits per heavy atom. The van der Waals surface area contributed by atoms with Gasteiger partial charge in [0.15, 0.2) is 0 Å². The Kier molecular flexibility index (Phi) is 7.48. The predicted octanol–water partition coefficient (Wildman–Crippen LogP) is 2.21. The second kappa shape index (κ2) is 8.91. The predicted molar refractivity (Wildman–Crippen MR) is 80.7 cm³/mol. The summed E-state index contributed by atoms with van der Waals surface area (Å²) in [5.74, 6) is 0.0164. The number of hydrogen-bond donors (Lipinski definition) is 2. The molecule has 2 N–H and O–H groups in total. The summed E-state index contributed by atoms with van der Waals surface area (Å²) in [6.45, 7) is 2.75. The topological polar surface area (TPSA) is 44.4 Å². The molecule has 0 spiro atoms. The van der Waals surface area contributed by atoms with Gasteiger partial charge >= 0.3 is 0 Å². The van der Waals surface area contributed by atoms with Gasteiger partial charge in [0.1, 0.15) is 0 Å². The quantitative estimate of drug-likeness (QED) is 0.719. The Hall–Kier alpha value is -1.10. The minimum atomic E-state index is 0.0164. The molecule has 19 heavy (non-hydrogen) atoms. The molecule has 0 fully saturated rings. The minimum absolute atomic E-state index is 0.0164. The van der Waals surface area contributed by atoms with Crippen LogP contribution in [0.4, 0.5) is 5.69 Å². The van der Waals surface area contributed by atoms with Crippen molar-refractivity contribution in [2.45, 2.75) is 12.8 Å². The monoisotopic (exact) mass is 283 g/mol. The van der Waals surface area contributed by atoms with Crippen molar-refractivity contribution in [3.63, 3.8) is 0 Å². The van der Waals surface area contributed by atoms with Crippen LogP contribution < -0.4 is 10.6 Å². The van der Waals surface area contributed by atoms with Gasteiger partial charge in [0.2, 0.25) is 5.91 Å². The molecule has 0 aliphatic rings. The van der Waals surface area contributed by atoms with Gasteiger partial charge in [-0.1, -0.05) is 17.7 Å². The SMILES string of the molecule is CNCCCN(C)CCC(=O)Nc1cccc(Cl)c1. The molecule has 0 saturated heterocycles. The van der Waals surface area contributed by atoms with Crippen molar-refractivity contribution >= 4 is 23.2 Å². The summed E-state index contributed by atoms with van der Waals surface area (Å²) in [5.41, 5.74) is 0.746. The molecule has 1 aromatic carbocycles. The third-order valence-electron chi connectivity index (χ3n) is 2.80. The van der Waals surface area contributed by atoms with Gasteiger partial charge in [-0.25, -0.2) is 0 Å². The molecule has 1 amide bonds. The van der Waals surface area contributed by atoms with Gasteiger partial charge in [-0.05, 0) is 51.8 Å². The van der Waals surface area contributed by atoms with Crippen LogP contribution in [0.3, 0.4) is 0 Å². The van der Waals surface area contributed by atoms with Crippen LogP contribution in [-0.4, -0.2) is 44.5 Å². The number of nitrogens with one attached hydrogen (secondary N) is 2. The molecule has 0 unspecified atom stereocenters. The Balaban J connectivity index is 2.24. The van der Waals surface area contributed by atoms with Crippen molar-refractivity contribution in [1.82, 2.24) is 10.2 Å². The lowest BCUT2D eigenvalue weighted by Crippen LogP contribution is -2.26. The molecular formula is C14H22ClN3O. The second-order valence-electron chi connectivity index (χ2n) is 4.57. The third-order valence-corrected chi connectivity index (χ3v) is 3.03. The number of anilines is 1. The maximum absolute atomic E-state index is 11.8. The summed E-state index contributed by atoms with van der Waals surface area (Å²) in [7, 11) is 3.97. The van der Waals surface area contributed by atoms with E-state index in [1.54, 1.807) is 12.1 Å². The van der Waals surface area contributed by atoms with E-state index < -0.39 is 0 Å². The van der Waals surface area contributed by atoms with Crippen molar-refractivity contribution in [2.24, 2.45) is 0 Å². The van der Waals surface area contributed by atoms with Crippen LogP contribution in [0, 0.1) is 0 Å². The number of hydrogen-bond acceptors (Lipinski definition) is 3. The number of benzene rings is 1. The Labute approximate surface area is 120 Å². The summed E-state index contributed by atoms with van der Waals surface area (Å²) >= 11 is 5.86. The summed E-state index contributed by atoms with van der Waals surface area (Å²) in [6, 6.07) is 7.19. The summed E-state index contributed by atoms with van der Waals surface area (Å²) < 4.78 is 0. The zero-order valence-electron chi connectivity index (χ0n) is 11.6. The second-order valence-corrected chi connectivity index (χ2v) is 5.01. The van der Waals surface area contributed by atoms with Crippen LogP contribution in [0.5, 0.6) is 0 Å². The van der Waals surface area contributed by atoms with Gasteiger partial charge in [-0.2, -0.15) is 0 Å². The lowest BCUT2D eigenvalue weighted by Gasteiger charge is -2.16. The lowest BCUT2D eigenvalue weighted by atomic mass is 10.3. The Bertz CT molecular complexity index is 398. The van der Waals surface area contributed by atoms with Crippen LogP contribution in [-0.2, 0) is 4.79 Å². The molecule has 0 radical (unpaired) electrons. The number of amides is 1. The molecule has 0 aliphatic heterocycles. The normalized spacial score (nSPS) is 10.7. The molecule has 4 nitrogen and oxygen atoms in total. The van der Waals surface area contributed by atoms with E-state index in [9.17, 15) is 4.79 Å². The molecule has 0 aromatic heterocycles. The van der Waals surface area contributed by atoms with E-state index in [1.807, 2.05) is 26.2 Å². The highest BCUT2D eigenvalue weighted by Crippen LogP contribution is 2.14. The standard InChI is InChI=1S/C14H22ClN3O/c1-16-8-4-9-18(2)10-7-14(19)17-13-6-3-5-12(15)11-13/h3,5-6,11,16H,4,7-10H2,1-2H3,(H,17,19). The van der Waals surface area contributed by atoms with Crippen molar-refractivity contribution in [1.29, 1.82) is 0 Å². The molecule has 106 valence electrons.